The first-order valence-corrected chi connectivity index (χ1v) is 2.51. The van der Waals surface area contributed by atoms with Gasteiger partial charge in [-0.1, -0.05) is 0 Å². The first kappa shape index (κ1) is 5.31. The van der Waals surface area contributed by atoms with Crippen LogP contribution < -0.4 is 11.1 Å². The largest absolute Gasteiger partial charge is 0.351 e. The zero-order valence-electron chi connectivity index (χ0n) is 4.76. The molecule has 1 aliphatic rings. The lowest BCUT2D eigenvalue weighted by Gasteiger charge is -2.08. The molecular weight excluding hydrogens is 102 g/mol. The molecule has 3 heteroatoms. The van der Waals surface area contributed by atoms with E-state index >= 15 is 0 Å². The maximum atomic E-state index is 5.41. The highest BCUT2D eigenvalue weighted by molar-refractivity contribution is 5.59. The molecule has 0 saturated heterocycles. The van der Waals surface area contributed by atoms with Crippen LogP contribution in [0.3, 0.4) is 0 Å². The van der Waals surface area contributed by atoms with Gasteiger partial charge in [0, 0.05) is 5.70 Å². The number of allylic oxidation sites excluding steroid dienone is 1. The molecule has 0 aromatic carbocycles. The number of rotatable bonds is 0. The normalized spacial score (nSPS) is 26.8. The van der Waals surface area contributed by atoms with E-state index in [2.05, 4.69) is 10.3 Å². The minimum atomic E-state index is -0.142. The van der Waals surface area contributed by atoms with Crippen LogP contribution in [-0.2, 0) is 0 Å². The van der Waals surface area contributed by atoms with Crippen LogP contribution in [0.1, 0.15) is 6.92 Å². The van der Waals surface area contributed by atoms with Crippen LogP contribution in [0.15, 0.2) is 16.8 Å². The van der Waals surface area contributed by atoms with E-state index in [9.17, 15) is 0 Å². The van der Waals surface area contributed by atoms with Gasteiger partial charge in [-0.25, -0.2) is 0 Å². The molecule has 0 aromatic heterocycles. The van der Waals surface area contributed by atoms with Gasteiger partial charge in [-0.2, -0.15) is 0 Å². The first-order chi connectivity index (χ1) is 3.79. The summed E-state index contributed by atoms with van der Waals surface area (Å²) in [5.74, 6) is 0. The minimum Gasteiger partial charge on any atom is -0.351 e. The van der Waals surface area contributed by atoms with Crippen molar-refractivity contribution in [2.45, 2.75) is 13.1 Å². The van der Waals surface area contributed by atoms with Crippen molar-refractivity contribution in [2.24, 2.45) is 10.7 Å². The van der Waals surface area contributed by atoms with Crippen molar-refractivity contribution < 1.29 is 0 Å². The molecule has 0 aliphatic carbocycles. The van der Waals surface area contributed by atoms with Crippen molar-refractivity contribution in [1.29, 1.82) is 0 Å². The number of hydrogen-bond donors (Lipinski definition) is 2. The van der Waals surface area contributed by atoms with Crippen molar-refractivity contribution in [2.75, 3.05) is 0 Å². The quantitative estimate of drug-likeness (QED) is 0.455. The van der Waals surface area contributed by atoms with E-state index in [1.54, 1.807) is 6.34 Å². The Morgan fingerprint density at radius 2 is 2.62 bits per heavy atom. The Kier molecular flexibility index (Phi) is 1.30. The molecule has 0 spiro atoms. The standard InChI is InChI=1S/C5H9N3/c1-4-2-5(6)8-3-7-4/h2-3,5H,6H2,1H3,(H,7,8). The van der Waals surface area contributed by atoms with Crippen molar-refractivity contribution in [1.82, 2.24) is 5.32 Å². The lowest BCUT2D eigenvalue weighted by molar-refractivity contribution is 0.832. The van der Waals surface area contributed by atoms with Crippen LogP contribution in [0.2, 0.25) is 0 Å². The molecule has 1 unspecified atom stereocenters. The van der Waals surface area contributed by atoms with Gasteiger partial charge in [-0.3, -0.25) is 4.99 Å². The van der Waals surface area contributed by atoms with Gasteiger partial charge in [0.2, 0.25) is 0 Å². The summed E-state index contributed by atoms with van der Waals surface area (Å²) in [6, 6.07) is 0. The van der Waals surface area contributed by atoms with Crippen molar-refractivity contribution in [3.8, 4) is 0 Å². The molecule has 44 valence electrons. The fourth-order valence-electron chi connectivity index (χ4n) is 0.572. The molecule has 0 amide bonds. The van der Waals surface area contributed by atoms with Gasteiger partial charge in [0.25, 0.3) is 0 Å². The zero-order valence-corrected chi connectivity index (χ0v) is 4.76. The van der Waals surface area contributed by atoms with Gasteiger partial charge in [-0.05, 0) is 13.0 Å². The molecule has 1 atom stereocenters. The number of aliphatic imine (C=N–C) groups is 1. The molecule has 0 bridgehead atoms. The molecule has 8 heavy (non-hydrogen) atoms. The van der Waals surface area contributed by atoms with Crippen LogP contribution in [0.25, 0.3) is 0 Å². The smallest absolute Gasteiger partial charge is 0.119 e. The second kappa shape index (κ2) is 1.96. The highest BCUT2D eigenvalue weighted by atomic mass is 15.0. The van der Waals surface area contributed by atoms with E-state index in [0.29, 0.717) is 0 Å². The second-order valence-corrected chi connectivity index (χ2v) is 1.76. The summed E-state index contributed by atoms with van der Waals surface area (Å²) in [7, 11) is 0. The third-order valence-electron chi connectivity index (χ3n) is 0.960. The van der Waals surface area contributed by atoms with E-state index in [0.717, 1.165) is 5.70 Å². The van der Waals surface area contributed by atoms with Crippen LogP contribution in [0.4, 0.5) is 0 Å². The Balaban J connectivity index is 2.60. The molecule has 1 heterocycles. The molecule has 3 nitrogen and oxygen atoms in total. The summed E-state index contributed by atoms with van der Waals surface area (Å²) in [4.78, 5) is 3.85. The Hall–Kier alpha value is -0.830. The summed E-state index contributed by atoms with van der Waals surface area (Å²) < 4.78 is 0. The number of nitrogens with two attached hydrogens (primary N) is 1. The van der Waals surface area contributed by atoms with Crippen LogP contribution >= 0.6 is 0 Å². The predicted octanol–water partition coefficient (Wildman–Crippen LogP) is -0.193. The van der Waals surface area contributed by atoms with E-state index in [1.807, 2.05) is 13.0 Å². The topological polar surface area (TPSA) is 50.4 Å². The summed E-state index contributed by atoms with van der Waals surface area (Å²) >= 11 is 0. The fourth-order valence-corrected chi connectivity index (χ4v) is 0.572. The Morgan fingerprint density at radius 3 is 3.00 bits per heavy atom. The summed E-state index contributed by atoms with van der Waals surface area (Å²) in [6.07, 6.45) is 3.33. The van der Waals surface area contributed by atoms with Crippen molar-refractivity contribution >= 4 is 6.34 Å². The maximum Gasteiger partial charge on any atom is 0.119 e. The zero-order chi connectivity index (χ0) is 5.98. The van der Waals surface area contributed by atoms with Gasteiger partial charge < -0.3 is 11.1 Å². The molecular formula is C5H9N3. The Bertz CT molecular complexity index is 137. The molecule has 3 N–H and O–H groups in total. The third kappa shape index (κ3) is 1.07. The lowest BCUT2D eigenvalue weighted by atomic mass is 10.3. The Labute approximate surface area is 48.3 Å². The van der Waals surface area contributed by atoms with E-state index in [1.165, 1.54) is 0 Å². The van der Waals surface area contributed by atoms with Crippen LogP contribution in [0, 0.1) is 0 Å². The Morgan fingerprint density at radius 1 is 1.88 bits per heavy atom. The first-order valence-electron chi connectivity index (χ1n) is 2.51. The van der Waals surface area contributed by atoms with E-state index in [4.69, 9.17) is 5.73 Å². The highest BCUT2D eigenvalue weighted by Gasteiger charge is 1.97. The number of hydrogen-bond acceptors (Lipinski definition) is 3. The predicted molar refractivity (Wildman–Crippen MR) is 33.4 cm³/mol. The molecule has 0 fully saturated rings. The fraction of sp³-hybridized carbons (Fsp3) is 0.400. The van der Waals surface area contributed by atoms with Crippen molar-refractivity contribution in [3.63, 3.8) is 0 Å². The average molecular weight is 111 g/mol. The second-order valence-electron chi connectivity index (χ2n) is 1.76. The van der Waals surface area contributed by atoms with Crippen LogP contribution in [0.5, 0.6) is 0 Å². The highest BCUT2D eigenvalue weighted by Crippen LogP contribution is 1.93. The number of nitrogens with one attached hydrogen (secondary N) is 1. The third-order valence-corrected chi connectivity index (χ3v) is 0.960. The minimum absolute atomic E-state index is 0.142. The van der Waals surface area contributed by atoms with Crippen molar-refractivity contribution in [3.05, 3.63) is 11.8 Å². The SMILES string of the molecule is CC1=CC(N)N=CN1. The molecule has 0 radical (unpaired) electrons. The van der Waals surface area contributed by atoms with Gasteiger partial charge >= 0.3 is 0 Å². The lowest BCUT2D eigenvalue weighted by Crippen LogP contribution is -2.24. The molecule has 1 aliphatic heterocycles. The van der Waals surface area contributed by atoms with Gasteiger partial charge in [-0.15, -0.1) is 0 Å². The van der Waals surface area contributed by atoms with Gasteiger partial charge in [0.1, 0.15) is 6.17 Å². The average Bonchev–Trinajstić information content (AvgIpc) is 1.64. The molecule has 1 rings (SSSR count). The molecule has 0 aromatic rings. The molecule has 0 saturated carbocycles. The summed E-state index contributed by atoms with van der Waals surface area (Å²) in [6.45, 7) is 1.95. The summed E-state index contributed by atoms with van der Waals surface area (Å²) in [5.41, 5.74) is 6.47. The number of nitrogens with zero attached hydrogens (tertiary/aromatic N) is 1. The van der Waals surface area contributed by atoms with E-state index in [-0.39, 0.29) is 6.17 Å². The van der Waals surface area contributed by atoms with Gasteiger partial charge in [0.15, 0.2) is 0 Å². The van der Waals surface area contributed by atoms with Gasteiger partial charge in [0.05, 0.1) is 6.34 Å². The monoisotopic (exact) mass is 111 g/mol. The van der Waals surface area contributed by atoms with E-state index < -0.39 is 0 Å². The van der Waals surface area contributed by atoms with Crippen LogP contribution in [-0.4, -0.2) is 12.5 Å². The maximum absolute atomic E-state index is 5.41. The summed E-state index contributed by atoms with van der Waals surface area (Å²) in [5, 5.41) is 2.90.